The fourth-order valence-corrected chi connectivity index (χ4v) is 3.12. The number of hydrogen-bond acceptors (Lipinski definition) is 2. The summed E-state index contributed by atoms with van der Waals surface area (Å²) in [6.45, 7) is 6.71. The molecular weight excluding hydrogens is 290 g/mol. The number of nitrogens with zero attached hydrogens (tertiary/aromatic N) is 2. The van der Waals surface area contributed by atoms with Crippen LogP contribution in [0, 0.1) is 13.8 Å². The minimum Gasteiger partial charge on any atom is -0.345 e. The summed E-state index contributed by atoms with van der Waals surface area (Å²) in [5.74, 6) is -0.119. The van der Waals surface area contributed by atoms with Gasteiger partial charge < -0.3 is 14.5 Å². The molecule has 5 heteroatoms. The van der Waals surface area contributed by atoms with Crippen molar-refractivity contribution in [1.82, 2.24) is 9.13 Å². The largest absolute Gasteiger partial charge is 0.345 e. The molecule has 1 saturated carbocycles. The van der Waals surface area contributed by atoms with Crippen molar-refractivity contribution in [3.8, 4) is 0 Å². The summed E-state index contributed by atoms with van der Waals surface area (Å²) in [6, 6.07) is 5.67. The van der Waals surface area contributed by atoms with Gasteiger partial charge in [-0.2, -0.15) is 0 Å². The van der Waals surface area contributed by atoms with Crippen molar-refractivity contribution < 1.29 is 4.79 Å². The smallest absolute Gasteiger partial charge is 0.257 e. The Labute approximate surface area is 135 Å². The molecule has 0 saturated heterocycles. The van der Waals surface area contributed by atoms with Crippen molar-refractivity contribution in [2.45, 2.75) is 52.6 Å². The average molecular weight is 313 g/mol. The molecule has 0 aromatic carbocycles. The summed E-state index contributed by atoms with van der Waals surface area (Å²) in [5, 5.41) is 2.91. The highest BCUT2D eigenvalue weighted by Crippen LogP contribution is 2.38. The van der Waals surface area contributed by atoms with E-state index in [1.54, 1.807) is 16.8 Å². The number of pyridine rings is 1. The van der Waals surface area contributed by atoms with Gasteiger partial charge in [-0.15, -0.1) is 0 Å². The summed E-state index contributed by atoms with van der Waals surface area (Å²) in [4.78, 5) is 24.3. The summed E-state index contributed by atoms with van der Waals surface area (Å²) < 4.78 is 3.88. The molecule has 0 atom stereocenters. The van der Waals surface area contributed by atoms with Gasteiger partial charge in [0.2, 0.25) is 0 Å². The lowest BCUT2D eigenvalue weighted by Gasteiger charge is -2.10. The summed E-state index contributed by atoms with van der Waals surface area (Å²) in [7, 11) is 0. The van der Waals surface area contributed by atoms with Crippen molar-refractivity contribution in [3.63, 3.8) is 0 Å². The van der Waals surface area contributed by atoms with Crippen LogP contribution < -0.4 is 10.9 Å². The molecule has 0 unspecified atom stereocenters. The first-order chi connectivity index (χ1) is 11.0. The quantitative estimate of drug-likeness (QED) is 0.921. The van der Waals surface area contributed by atoms with Crippen LogP contribution in [0.3, 0.4) is 0 Å². The number of carbonyl (C=O) groups is 1. The number of rotatable bonds is 5. The highest BCUT2D eigenvalue weighted by molar-refractivity contribution is 6.05. The maximum atomic E-state index is 12.6. The molecule has 2 aromatic rings. The molecule has 23 heavy (non-hydrogen) atoms. The summed E-state index contributed by atoms with van der Waals surface area (Å²) in [5.41, 5.74) is 3.47. The van der Waals surface area contributed by atoms with E-state index < -0.39 is 0 Å². The Morgan fingerprint density at radius 2 is 2.04 bits per heavy atom. The van der Waals surface area contributed by atoms with Gasteiger partial charge in [0.1, 0.15) is 0 Å². The molecule has 0 aliphatic heterocycles. The van der Waals surface area contributed by atoms with E-state index in [2.05, 4.69) is 9.88 Å². The lowest BCUT2D eigenvalue weighted by Crippen LogP contribution is -2.20. The van der Waals surface area contributed by atoms with Gasteiger partial charge >= 0.3 is 0 Å². The van der Waals surface area contributed by atoms with Crippen LogP contribution in [-0.4, -0.2) is 15.0 Å². The second-order valence-corrected chi connectivity index (χ2v) is 6.29. The summed E-state index contributed by atoms with van der Waals surface area (Å²) >= 11 is 0. The first-order valence-electron chi connectivity index (χ1n) is 8.21. The van der Waals surface area contributed by atoms with E-state index in [0.717, 1.165) is 17.8 Å². The van der Waals surface area contributed by atoms with Gasteiger partial charge in [-0.3, -0.25) is 9.59 Å². The van der Waals surface area contributed by atoms with Crippen molar-refractivity contribution in [2.24, 2.45) is 0 Å². The highest BCUT2D eigenvalue weighted by Gasteiger charge is 2.28. The molecule has 2 aromatic heterocycles. The van der Waals surface area contributed by atoms with Crippen LogP contribution in [0.5, 0.6) is 0 Å². The fourth-order valence-electron chi connectivity index (χ4n) is 3.12. The van der Waals surface area contributed by atoms with Gasteiger partial charge in [0.05, 0.1) is 11.3 Å². The Morgan fingerprint density at radius 1 is 1.30 bits per heavy atom. The first kappa shape index (κ1) is 15.6. The lowest BCUT2D eigenvalue weighted by molar-refractivity contribution is 0.102. The number of hydrogen-bond donors (Lipinski definition) is 1. The topological polar surface area (TPSA) is 56.0 Å². The molecular formula is C18H23N3O2. The second-order valence-electron chi connectivity index (χ2n) is 6.29. The summed E-state index contributed by atoms with van der Waals surface area (Å²) in [6.07, 6.45) is 4.97. The van der Waals surface area contributed by atoms with Gasteiger partial charge in [0.25, 0.3) is 11.5 Å². The van der Waals surface area contributed by atoms with Crippen molar-refractivity contribution >= 4 is 11.6 Å². The van der Waals surface area contributed by atoms with Gasteiger partial charge in [0, 0.05) is 36.2 Å². The number of anilines is 1. The normalized spacial score (nSPS) is 14.0. The Bertz CT molecular complexity index is 797. The number of carbonyl (C=O) groups excluding carboxylic acids is 1. The van der Waals surface area contributed by atoms with Crippen LogP contribution in [-0.2, 0) is 6.54 Å². The molecule has 1 fully saturated rings. The van der Waals surface area contributed by atoms with Gasteiger partial charge in [-0.1, -0.05) is 6.92 Å². The van der Waals surface area contributed by atoms with Gasteiger partial charge in [-0.05, 0) is 45.2 Å². The van der Waals surface area contributed by atoms with Gasteiger partial charge in [0.15, 0.2) is 0 Å². The Hall–Kier alpha value is -2.30. The molecule has 122 valence electrons. The third kappa shape index (κ3) is 3.09. The van der Waals surface area contributed by atoms with E-state index in [9.17, 15) is 9.59 Å². The third-order valence-corrected chi connectivity index (χ3v) is 4.35. The van der Waals surface area contributed by atoms with Crippen LogP contribution in [0.15, 0.2) is 29.2 Å². The predicted octanol–water partition coefficient (Wildman–Crippen LogP) is 3.26. The maximum Gasteiger partial charge on any atom is 0.257 e. The molecule has 0 radical (unpaired) electrons. The molecule has 5 nitrogen and oxygen atoms in total. The number of aryl methyl sites for hydroxylation is 2. The van der Waals surface area contributed by atoms with Crippen molar-refractivity contribution in [1.29, 1.82) is 0 Å². The molecule has 0 spiro atoms. The van der Waals surface area contributed by atoms with Crippen molar-refractivity contribution in [2.75, 3.05) is 5.32 Å². The molecule has 1 aliphatic rings. The second kappa shape index (κ2) is 6.07. The minimum absolute atomic E-state index is 0.0447. The molecule has 3 rings (SSSR count). The number of nitrogens with one attached hydrogen (secondary N) is 1. The average Bonchev–Trinajstić information content (AvgIpc) is 3.28. The fraction of sp³-hybridized carbons (Fsp3) is 0.444. The van der Waals surface area contributed by atoms with E-state index in [4.69, 9.17) is 0 Å². The van der Waals surface area contributed by atoms with E-state index in [1.165, 1.54) is 18.9 Å². The zero-order chi connectivity index (χ0) is 16.6. The number of aromatic nitrogens is 2. The monoisotopic (exact) mass is 313 g/mol. The molecule has 1 aliphatic carbocycles. The predicted molar refractivity (Wildman–Crippen MR) is 91.1 cm³/mol. The zero-order valence-electron chi connectivity index (χ0n) is 13.9. The van der Waals surface area contributed by atoms with Gasteiger partial charge in [-0.25, -0.2) is 0 Å². The molecule has 1 N–H and O–H groups in total. The standard InChI is InChI=1S/C18H23N3O2/c1-4-9-20-11-14(5-8-17(20)22)19-18(23)16-10-12(2)21(13(16)3)15-6-7-15/h5,8,10-11,15H,4,6-7,9H2,1-3H3,(H,19,23). The van der Waals surface area contributed by atoms with E-state index in [-0.39, 0.29) is 11.5 Å². The van der Waals surface area contributed by atoms with E-state index in [1.807, 2.05) is 26.8 Å². The number of amides is 1. The third-order valence-electron chi connectivity index (χ3n) is 4.35. The van der Waals surface area contributed by atoms with Crippen LogP contribution in [0.2, 0.25) is 0 Å². The Balaban J connectivity index is 1.83. The minimum atomic E-state index is -0.119. The zero-order valence-corrected chi connectivity index (χ0v) is 13.9. The lowest BCUT2D eigenvalue weighted by atomic mass is 10.2. The van der Waals surface area contributed by atoms with E-state index in [0.29, 0.717) is 23.8 Å². The van der Waals surface area contributed by atoms with Crippen LogP contribution in [0.1, 0.15) is 54.0 Å². The SMILES string of the molecule is CCCn1cc(NC(=O)c2cc(C)n(C3CC3)c2C)ccc1=O. The Morgan fingerprint density at radius 3 is 2.70 bits per heavy atom. The van der Waals surface area contributed by atoms with Crippen LogP contribution in [0.4, 0.5) is 5.69 Å². The Kier molecular flexibility index (Phi) is 4.11. The maximum absolute atomic E-state index is 12.6. The highest BCUT2D eigenvalue weighted by atomic mass is 16.1. The molecule has 1 amide bonds. The molecule has 0 bridgehead atoms. The molecule has 2 heterocycles. The van der Waals surface area contributed by atoms with Crippen LogP contribution >= 0.6 is 0 Å². The van der Waals surface area contributed by atoms with Crippen LogP contribution in [0.25, 0.3) is 0 Å². The van der Waals surface area contributed by atoms with E-state index >= 15 is 0 Å². The van der Waals surface area contributed by atoms with Crippen molar-refractivity contribution in [3.05, 3.63) is 51.7 Å². The first-order valence-corrected chi connectivity index (χ1v) is 8.21.